The molecule has 0 bridgehead atoms. The summed E-state index contributed by atoms with van der Waals surface area (Å²) >= 11 is 6.70. The molecule has 0 atom stereocenters. The third kappa shape index (κ3) is 4.64. The van der Waals surface area contributed by atoms with Crippen molar-refractivity contribution in [1.82, 2.24) is 4.98 Å². The van der Waals surface area contributed by atoms with Crippen molar-refractivity contribution >= 4 is 35.0 Å². The largest absolute Gasteiger partial charge is 0.417 e. The number of pyridine rings is 1. The molecule has 0 unspecified atom stereocenters. The molecule has 22 heavy (non-hydrogen) atoms. The minimum Gasteiger partial charge on any atom is -0.325 e. The first-order valence-electron chi connectivity index (χ1n) is 6.06. The monoisotopic (exact) mass is 346 g/mol. The summed E-state index contributed by atoms with van der Waals surface area (Å²) in [5.74, 6) is -0.382. The van der Waals surface area contributed by atoms with Gasteiger partial charge in [0.2, 0.25) is 5.91 Å². The number of carbonyl (C=O) groups is 1. The number of amides is 1. The first-order chi connectivity index (χ1) is 10.4. The Bertz CT molecular complexity index is 665. The van der Waals surface area contributed by atoms with E-state index < -0.39 is 22.7 Å². The Morgan fingerprint density at radius 1 is 1.27 bits per heavy atom. The summed E-state index contributed by atoms with van der Waals surface area (Å²) in [6.07, 6.45) is -2.98. The van der Waals surface area contributed by atoms with E-state index in [1.165, 1.54) is 17.8 Å². The second-order valence-corrected chi connectivity index (χ2v) is 5.60. The summed E-state index contributed by atoms with van der Waals surface area (Å²) in [4.78, 5) is 15.8. The molecule has 0 radical (unpaired) electrons. The number of benzene rings is 1. The highest BCUT2D eigenvalue weighted by Gasteiger charge is 2.33. The molecule has 2 rings (SSSR count). The third-order valence-corrected chi connectivity index (χ3v) is 3.82. The van der Waals surface area contributed by atoms with Gasteiger partial charge in [-0.05, 0) is 30.3 Å². The standard InChI is InChI=1S/C14H10ClF3N2OS/c15-11-5-4-9(7-10(11)14(16,17)18)20-12(21)8-22-13-3-1-2-6-19-13/h1-7H,8H2,(H,20,21). The van der Waals surface area contributed by atoms with Crippen LogP contribution in [0.25, 0.3) is 0 Å². The minimum absolute atomic E-state index is 0.0426. The van der Waals surface area contributed by atoms with E-state index in [4.69, 9.17) is 11.6 Å². The summed E-state index contributed by atoms with van der Waals surface area (Å²) < 4.78 is 38.2. The van der Waals surface area contributed by atoms with Crippen LogP contribution in [-0.2, 0) is 11.0 Å². The molecule has 0 saturated heterocycles. The zero-order valence-electron chi connectivity index (χ0n) is 11.0. The van der Waals surface area contributed by atoms with Crippen molar-refractivity contribution in [3.05, 3.63) is 53.2 Å². The number of carbonyl (C=O) groups excluding carboxylic acids is 1. The minimum atomic E-state index is -4.57. The van der Waals surface area contributed by atoms with Crippen LogP contribution in [0.15, 0.2) is 47.6 Å². The average Bonchev–Trinajstić information content (AvgIpc) is 2.47. The second kappa shape index (κ2) is 7.02. The molecular weight excluding hydrogens is 337 g/mol. The van der Waals surface area contributed by atoms with Crippen LogP contribution in [-0.4, -0.2) is 16.6 Å². The first kappa shape index (κ1) is 16.6. The lowest BCUT2D eigenvalue weighted by molar-refractivity contribution is -0.137. The Labute approximate surface area is 133 Å². The lowest BCUT2D eigenvalue weighted by Gasteiger charge is -2.11. The lowest BCUT2D eigenvalue weighted by atomic mass is 10.2. The molecule has 0 fully saturated rings. The van der Waals surface area contributed by atoms with Gasteiger partial charge in [-0.15, -0.1) is 0 Å². The molecule has 0 aliphatic rings. The van der Waals surface area contributed by atoms with Crippen LogP contribution in [0, 0.1) is 0 Å². The summed E-state index contributed by atoms with van der Waals surface area (Å²) in [5, 5.41) is 2.65. The predicted octanol–water partition coefficient (Wildman–Crippen LogP) is 4.48. The van der Waals surface area contributed by atoms with Gasteiger partial charge < -0.3 is 5.32 Å². The van der Waals surface area contributed by atoms with Gasteiger partial charge in [0, 0.05) is 11.9 Å². The van der Waals surface area contributed by atoms with Gasteiger partial charge in [-0.3, -0.25) is 4.79 Å². The molecule has 1 heterocycles. The molecule has 8 heteroatoms. The molecule has 2 aromatic rings. The Kier molecular flexibility index (Phi) is 5.31. The average molecular weight is 347 g/mol. The second-order valence-electron chi connectivity index (χ2n) is 4.20. The SMILES string of the molecule is O=C(CSc1ccccn1)Nc1ccc(Cl)c(C(F)(F)F)c1. The summed E-state index contributed by atoms with van der Waals surface area (Å²) in [6.45, 7) is 0. The number of nitrogens with zero attached hydrogens (tertiary/aromatic N) is 1. The number of hydrogen-bond acceptors (Lipinski definition) is 3. The zero-order valence-corrected chi connectivity index (χ0v) is 12.6. The van der Waals surface area contributed by atoms with Gasteiger partial charge in [-0.2, -0.15) is 13.2 Å². The van der Waals surface area contributed by atoms with E-state index in [0.29, 0.717) is 5.03 Å². The maximum absolute atomic E-state index is 12.7. The highest BCUT2D eigenvalue weighted by Crippen LogP contribution is 2.36. The van der Waals surface area contributed by atoms with E-state index >= 15 is 0 Å². The Balaban J connectivity index is 2.00. The fraction of sp³-hybridized carbons (Fsp3) is 0.143. The molecule has 0 spiro atoms. The molecule has 0 aliphatic carbocycles. The number of rotatable bonds is 4. The van der Waals surface area contributed by atoms with Crippen molar-refractivity contribution in [2.45, 2.75) is 11.2 Å². The Morgan fingerprint density at radius 3 is 2.68 bits per heavy atom. The van der Waals surface area contributed by atoms with Gasteiger partial charge in [0.05, 0.1) is 21.4 Å². The Hall–Kier alpha value is -1.73. The van der Waals surface area contributed by atoms with E-state index in [1.54, 1.807) is 24.4 Å². The predicted molar refractivity (Wildman–Crippen MR) is 80.0 cm³/mol. The first-order valence-corrected chi connectivity index (χ1v) is 7.43. The molecule has 0 saturated carbocycles. The number of hydrogen-bond donors (Lipinski definition) is 1. The van der Waals surface area contributed by atoms with Crippen molar-refractivity contribution in [3.8, 4) is 0 Å². The molecule has 1 aromatic carbocycles. The van der Waals surface area contributed by atoms with E-state index in [-0.39, 0.29) is 11.4 Å². The smallest absolute Gasteiger partial charge is 0.325 e. The zero-order chi connectivity index (χ0) is 16.2. The fourth-order valence-electron chi connectivity index (χ4n) is 1.59. The van der Waals surface area contributed by atoms with Crippen molar-refractivity contribution in [3.63, 3.8) is 0 Å². The van der Waals surface area contributed by atoms with Crippen LogP contribution in [0.5, 0.6) is 0 Å². The topological polar surface area (TPSA) is 42.0 Å². The van der Waals surface area contributed by atoms with Crippen molar-refractivity contribution < 1.29 is 18.0 Å². The van der Waals surface area contributed by atoms with E-state index in [0.717, 1.165) is 12.1 Å². The van der Waals surface area contributed by atoms with Gasteiger partial charge in [-0.1, -0.05) is 29.4 Å². The number of thioether (sulfide) groups is 1. The highest BCUT2D eigenvalue weighted by atomic mass is 35.5. The molecule has 1 aromatic heterocycles. The molecule has 1 amide bonds. The molecular formula is C14H10ClF3N2OS. The molecule has 116 valence electrons. The van der Waals surface area contributed by atoms with Crippen molar-refractivity contribution in [2.24, 2.45) is 0 Å². The molecule has 0 aliphatic heterocycles. The maximum atomic E-state index is 12.7. The maximum Gasteiger partial charge on any atom is 0.417 e. The van der Waals surface area contributed by atoms with Crippen LogP contribution in [0.1, 0.15) is 5.56 Å². The van der Waals surface area contributed by atoms with E-state index in [9.17, 15) is 18.0 Å². The lowest BCUT2D eigenvalue weighted by Crippen LogP contribution is -2.15. The van der Waals surface area contributed by atoms with Crippen LogP contribution in [0.3, 0.4) is 0 Å². The normalized spacial score (nSPS) is 11.3. The number of alkyl halides is 3. The fourth-order valence-corrected chi connectivity index (χ4v) is 2.48. The van der Waals surface area contributed by atoms with Gasteiger partial charge >= 0.3 is 6.18 Å². The van der Waals surface area contributed by atoms with Gasteiger partial charge in [0.1, 0.15) is 0 Å². The van der Waals surface area contributed by atoms with E-state index in [2.05, 4.69) is 10.3 Å². The number of aromatic nitrogens is 1. The highest BCUT2D eigenvalue weighted by molar-refractivity contribution is 7.99. The summed E-state index contributed by atoms with van der Waals surface area (Å²) in [6, 6.07) is 8.50. The van der Waals surface area contributed by atoms with Gasteiger partial charge in [-0.25, -0.2) is 4.98 Å². The van der Waals surface area contributed by atoms with Crippen LogP contribution in [0.2, 0.25) is 5.02 Å². The van der Waals surface area contributed by atoms with Crippen LogP contribution >= 0.6 is 23.4 Å². The summed E-state index contributed by atoms with van der Waals surface area (Å²) in [5.41, 5.74) is -0.937. The van der Waals surface area contributed by atoms with Crippen molar-refractivity contribution in [1.29, 1.82) is 0 Å². The van der Waals surface area contributed by atoms with E-state index in [1.807, 2.05) is 0 Å². The Morgan fingerprint density at radius 2 is 2.05 bits per heavy atom. The van der Waals surface area contributed by atoms with Gasteiger partial charge in [0.15, 0.2) is 0 Å². The number of nitrogens with one attached hydrogen (secondary N) is 1. The van der Waals surface area contributed by atoms with Crippen LogP contribution in [0.4, 0.5) is 18.9 Å². The molecule has 3 nitrogen and oxygen atoms in total. The van der Waals surface area contributed by atoms with Crippen LogP contribution < -0.4 is 5.32 Å². The van der Waals surface area contributed by atoms with Crippen molar-refractivity contribution in [2.75, 3.05) is 11.1 Å². The summed E-state index contributed by atoms with van der Waals surface area (Å²) in [7, 11) is 0. The molecule has 1 N–H and O–H groups in total. The third-order valence-electron chi connectivity index (χ3n) is 2.54. The van der Waals surface area contributed by atoms with Gasteiger partial charge in [0.25, 0.3) is 0 Å². The number of anilines is 1. The number of halogens is 4. The quantitative estimate of drug-likeness (QED) is 0.830.